The van der Waals surface area contributed by atoms with Crippen LogP contribution in [0.15, 0.2) is 18.2 Å². The average Bonchev–Trinajstić information content (AvgIpc) is 2.38. The predicted octanol–water partition coefficient (Wildman–Crippen LogP) is 2.86. The molecule has 1 aliphatic rings. The fourth-order valence-electron chi connectivity index (χ4n) is 2.41. The zero-order chi connectivity index (χ0) is 13.8. The van der Waals surface area contributed by atoms with Crippen LogP contribution in [0.1, 0.15) is 45.2 Å². The maximum absolute atomic E-state index is 11.3. The monoisotopic (exact) mass is 262 g/mol. The van der Waals surface area contributed by atoms with Gasteiger partial charge in [-0.25, -0.2) is 0 Å². The van der Waals surface area contributed by atoms with E-state index in [1.807, 2.05) is 18.2 Å². The fourth-order valence-corrected chi connectivity index (χ4v) is 2.41. The lowest BCUT2D eigenvalue weighted by atomic mass is 10.0. The van der Waals surface area contributed by atoms with Crippen molar-refractivity contribution in [3.63, 3.8) is 0 Å². The van der Waals surface area contributed by atoms with E-state index in [0.29, 0.717) is 6.04 Å². The first-order valence-corrected chi connectivity index (χ1v) is 6.92. The Morgan fingerprint density at radius 1 is 1.42 bits per heavy atom. The molecule has 0 spiro atoms. The van der Waals surface area contributed by atoms with E-state index in [4.69, 9.17) is 4.74 Å². The van der Waals surface area contributed by atoms with Crippen LogP contribution < -0.4 is 15.4 Å². The summed E-state index contributed by atoms with van der Waals surface area (Å²) >= 11 is 0. The molecule has 0 saturated carbocycles. The number of rotatable bonds is 5. The fraction of sp³-hybridized carbons (Fsp3) is 0.533. The van der Waals surface area contributed by atoms with Gasteiger partial charge in [0.25, 0.3) is 5.91 Å². The number of fused-ring (bicyclic) bond motifs is 1. The van der Waals surface area contributed by atoms with Gasteiger partial charge in [0.05, 0.1) is 5.69 Å². The SMILES string of the molecule is CCCC(C)NC(C)c1ccc2c(c1)NC(=O)CO2. The Bertz CT molecular complexity index is 459. The molecule has 1 aromatic carbocycles. The number of benzene rings is 1. The van der Waals surface area contributed by atoms with Crippen molar-refractivity contribution in [3.05, 3.63) is 23.8 Å². The van der Waals surface area contributed by atoms with E-state index in [9.17, 15) is 4.79 Å². The molecule has 4 nitrogen and oxygen atoms in total. The lowest BCUT2D eigenvalue weighted by Gasteiger charge is -2.23. The molecular formula is C15H22N2O2. The molecule has 19 heavy (non-hydrogen) atoms. The van der Waals surface area contributed by atoms with Gasteiger partial charge in [0.2, 0.25) is 0 Å². The second-order valence-electron chi connectivity index (χ2n) is 5.17. The van der Waals surface area contributed by atoms with Gasteiger partial charge in [-0.2, -0.15) is 0 Å². The highest BCUT2D eigenvalue weighted by molar-refractivity contribution is 5.95. The van der Waals surface area contributed by atoms with Crippen LogP contribution >= 0.6 is 0 Å². The standard InChI is InChI=1S/C15H22N2O2/c1-4-5-10(2)16-11(3)12-6-7-14-13(8-12)17-15(18)9-19-14/h6-8,10-11,16H,4-5,9H2,1-3H3,(H,17,18). The van der Waals surface area contributed by atoms with Crippen LogP contribution in [0.4, 0.5) is 5.69 Å². The van der Waals surface area contributed by atoms with Crippen LogP contribution in [0.3, 0.4) is 0 Å². The van der Waals surface area contributed by atoms with Crippen molar-refractivity contribution in [1.82, 2.24) is 5.32 Å². The van der Waals surface area contributed by atoms with Crippen LogP contribution in [0.25, 0.3) is 0 Å². The highest BCUT2D eigenvalue weighted by Gasteiger charge is 2.17. The Kier molecular flexibility index (Phi) is 4.43. The Morgan fingerprint density at radius 2 is 2.21 bits per heavy atom. The lowest BCUT2D eigenvalue weighted by molar-refractivity contribution is -0.118. The van der Waals surface area contributed by atoms with Crippen molar-refractivity contribution in [2.24, 2.45) is 0 Å². The zero-order valence-corrected chi connectivity index (χ0v) is 11.8. The zero-order valence-electron chi connectivity index (χ0n) is 11.8. The summed E-state index contributed by atoms with van der Waals surface area (Å²) < 4.78 is 5.36. The van der Waals surface area contributed by atoms with Gasteiger partial charge in [-0.3, -0.25) is 4.79 Å². The first-order valence-electron chi connectivity index (χ1n) is 6.92. The number of hydrogen-bond donors (Lipinski definition) is 2. The maximum Gasteiger partial charge on any atom is 0.262 e. The smallest absolute Gasteiger partial charge is 0.262 e. The van der Waals surface area contributed by atoms with Crippen LogP contribution in [0, 0.1) is 0 Å². The lowest BCUT2D eigenvalue weighted by Crippen LogP contribution is -2.29. The molecule has 1 aromatic rings. The average molecular weight is 262 g/mol. The molecule has 2 rings (SSSR count). The van der Waals surface area contributed by atoms with Crippen molar-refractivity contribution >= 4 is 11.6 Å². The normalized spacial score (nSPS) is 17.1. The first kappa shape index (κ1) is 13.9. The van der Waals surface area contributed by atoms with Gasteiger partial charge in [-0.15, -0.1) is 0 Å². The topological polar surface area (TPSA) is 50.4 Å². The van der Waals surface area contributed by atoms with Crippen molar-refractivity contribution in [2.75, 3.05) is 11.9 Å². The van der Waals surface area contributed by atoms with Gasteiger partial charge < -0.3 is 15.4 Å². The third-order valence-corrected chi connectivity index (χ3v) is 3.39. The third kappa shape index (κ3) is 3.47. The first-order chi connectivity index (χ1) is 9.10. The summed E-state index contributed by atoms with van der Waals surface area (Å²) in [6.45, 7) is 6.63. The Labute approximate surface area is 114 Å². The summed E-state index contributed by atoms with van der Waals surface area (Å²) in [4.78, 5) is 11.3. The molecule has 4 heteroatoms. The molecule has 2 unspecified atom stereocenters. The van der Waals surface area contributed by atoms with Gasteiger partial charge in [-0.05, 0) is 38.0 Å². The van der Waals surface area contributed by atoms with E-state index in [0.717, 1.165) is 23.4 Å². The molecule has 2 N–H and O–H groups in total. The summed E-state index contributed by atoms with van der Waals surface area (Å²) in [7, 11) is 0. The minimum atomic E-state index is -0.0930. The van der Waals surface area contributed by atoms with E-state index in [1.165, 1.54) is 6.42 Å². The summed E-state index contributed by atoms with van der Waals surface area (Å²) in [6.07, 6.45) is 2.34. The summed E-state index contributed by atoms with van der Waals surface area (Å²) in [5, 5.41) is 6.40. The number of carbonyl (C=O) groups excluding carboxylic acids is 1. The number of ether oxygens (including phenoxy) is 1. The van der Waals surface area contributed by atoms with E-state index in [1.54, 1.807) is 0 Å². The summed E-state index contributed by atoms with van der Waals surface area (Å²) in [5.41, 5.74) is 1.93. The molecule has 0 bridgehead atoms. The van der Waals surface area contributed by atoms with Gasteiger partial charge in [0.15, 0.2) is 6.61 Å². The highest BCUT2D eigenvalue weighted by Crippen LogP contribution is 2.30. The van der Waals surface area contributed by atoms with Crippen LogP contribution in [-0.4, -0.2) is 18.6 Å². The van der Waals surface area contributed by atoms with Gasteiger partial charge in [0.1, 0.15) is 5.75 Å². The largest absolute Gasteiger partial charge is 0.482 e. The molecular weight excluding hydrogens is 240 g/mol. The molecule has 0 aromatic heterocycles. The predicted molar refractivity (Wildman–Crippen MR) is 76.5 cm³/mol. The second kappa shape index (κ2) is 6.06. The minimum absolute atomic E-state index is 0.0930. The second-order valence-corrected chi connectivity index (χ2v) is 5.17. The highest BCUT2D eigenvalue weighted by atomic mass is 16.5. The number of anilines is 1. The van der Waals surface area contributed by atoms with E-state index >= 15 is 0 Å². The van der Waals surface area contributed by atoms with Crippen LogP contribution in [-0.2, 0) is 4.79 Å². The van der Waals surface area contributed by atoms with Crippen molar-refractivity contribution < 1.29 is 9.53 Å². The quantitative estimate of drug-likeness (QED) is 0.858. The third-order valence-electron chi connectivity index (χ3n) is 3.39. The Balaban J connectivity index is 2.08. The maximum atomic E-state index is 11.3. The number of nitrogens with one attached hydrogen (secondary N) is 2. The van der Waals surface area contributed by atoms with Crippen molar-refractivity contribution in [3.8, 4) is 5.75 Å². The van der Waals surface area contributed by atoms with Crippen molar-refractivity contribution in [1.29, 1.82) is 0 Å². The molecule has 0 saturated heterocycles. The summed E-state index contributed by atoms with van der Waals surface area (Å²) in [5.74, 6) is 0.654. The molecule has 1 heterocycles. The van der Waals surface area contributed by atoms with Crippen LogP contribution in [0.5, 0.6) is 5.75 Å². The molecule has 2 atom stereocenters. The molecule has 0 radical (unpaired) electrons. The van der Waals surface area contributed by atoms with Crippen LogP contribution in [0.2, 0.25) is 0 Å². The Hall–Kier alpha value is -1.55. The molecule has 1 amide bonds. The molecule has 1 aliphatic heterocycles. The number of amides is 1. The molecule has 104 valence electrons. The van der Waals surface area contributed by atoms with E-state index in [2.05, 4.69) is 31.4 Å². The van der Waals surface area contributed by atoms with E-state index < -0.39 is 0 Å². The Morgan fingerprint density at radius 3 is 2.95 bits per heavy atom. The van der Waals surface area contributed by atoms with Gasteiger partial charge >= 0.3 is 0 Å². The van der Waals surface area contributed by atoms with Gasteiger partial charge in [0, 0.05) is 12.1 Å². The minimum Gasteiger partial charge on any atom is -0.482 e. The molecule has 0 fully saturated rings. The summed E-state index contributed by atoms with van der Waals surface area (Å²) in [6, 6.07) is 6.70. The van der Waals surface area contributed by atoms with Crippen molar-refractivity contribution in [2.45, 2.75) is 45.7 Å². The number of carbonyl (C=O) groups is 1. The number of hydrogen-bond acceptors (Lipinski definition) is 3. The van der Waals surface area contributed by atoms with Gasteiger partial charge in [-0.1, -0.05) is 19.4 Å². The molecule has 0 aliphatic carbocycles. The van der Waals surface area contributed by atoms with E-state index in [-0.39, 0.29) is 18.6 Å².